The summed E-state index contributed by atoms with van der Waals surface area (Å²) in [4.78, 5) is 12.2. The maximum atomic E-state index is 12.3. The van der Waals surface area contributed by atoms with E-state index in [1.165, 1.54) is 18.2 Å². The number of hydrogen-bond donors (Lipinski definition) is 1. The summed E-state index contributed by atoms with van der Waals surface area (Å²) in [5.41, 5.74) is 2.16. The fourth-order valence-corrected chi connectivity index (χ4v) is 3.23. The number of carbonyl (C=O) groups is 1. The molecular formula is C17H14ClF2N5O2S. The minimum Gasteiger partial charge on any atom is -0.433 e. The average Bonchev–Trinajstić information content (AvgIpc) is 3.11. The van der Waals surface area contributed by atoms with Crippen LogP contribution in [0.4, 0.5) is 14.5 Å². The third kappa shape index (κ3) is 4.96. The van der Waals surface area contributed by atoms with E-state index in [9.17, 15) is 13.6 Å². The lowest BCUT2D eigenvalue weighted by molar-refractivity contribution is -0.113. The highest BCUT2D eigenvalue weighted by Gasteiger charge is 2.14. The van der Waals surface area contributed by atoms with Crippen LogP contribution in [0.15, 0.2) is 47.6 Å². The van der Waals surface area contributed by atoms with E-state index in [1.54, 1.807) is 4.68 Å². The SMILES string of the molecule is Cc1ccccc1-n1nnnc1SCC(=O)Nc1ccc(OC(F)F)c(Cl)c1. The molecule has 0 atom stereocenters. The first kappa shape index (κ1) is 20.0. The summed E-state index contributed by atoms with van der Waals surface area (Å²) in [5.74, 6) is -0.455. The van der Waals surface area contributed by atoms with E-state index < -0.39 is 6.61 Å². The van der Waals surface area contributed by atoms with Gasteiger partial charge >= 0.3 is 6.61 Å². The summed E-state index contributed by atoms with van der Waals surface area (Å²) in [6.07, 6.45) is 0. The van der Waals surface area contributed by atoms with Gasteiger partial charge in [0, 0.05) is 5.69 Å². The number of benzene rings is 2. The molecule has 0 bridgehead atoms. The predicted molar refractivity (Wildman–Crippen MR) is 101 cm³/mol. The fraction of sp³-hybridized carbons (Fsp3) is 0.176. The highest BCUT2D eigenvalue weighted by atomic mass is 35.5. The Kier molecular flexibility index (Phi) is 6.42. The molecule has 7 nitrogen and oxygen atoms in total. The molecule has 0 saturated heterocycles. The van der Waals surface area contributed by atoms with Gasteiger partial charge in [-0.1, -0.05) is 41.6 Å². The Morgan fingerprint density at radius 2 is 2.11 bits per heavy atom. The molecule has 0 spiro atoms. The molecule has 3 aromatic rings. The second-order valence-corrected chi connectivity index (χ2v) is 6.87. The number of nitrogens with one attached hydrogen (secondary N) is 1. The Balaban J connectivity index is 1.62. The van der Waals surface area contributed by atoms with Crippen molar-refractivity contribution in [2.45, 2.75) is 18.7 Å². The van der Waals surface area contributed by atoms with E-state index >= 15 is 0 Å². The maximum Gasteiger partial charge on any atom is 0.387 e. The number of nitrogens with zero attached hydrogens (tertiary/aromatic N) is 4. The molecule has 3 rings (SSSR count). The molecule has 0 radical (unpaired) electrons. The number of rotatable bonds is 7. The number of amides is 1. The zero-order chi connectivity index (χ0) is 20.1. The van der Waals surface area contributed by atoms with Gasteiger partial charge in [-0.3, -0.25) is 4.79 Å². The van der Waals surface area contributed by atoms with Crippen molar-refractivity contribution in [3.63, 3.8) is 0 Å². The maximum absolute atomic E-state index is 12.3. The minimum atomic E-state index is -2.98. The number of alkyl halides is 2. The molecule has 1 heterocycles. The van der Waals surface area contributed by atoms with Gasteiger partial charge in [0.15, 0.2) is 0 Å². The highest BCUT2D eigenvalue weighted by Crippen LogP contribution is 2.29. The summed E-state index contributed by atoms with van der Waals surface area (Å²) < 4.78 is 30.3. The number of halogens is 3. The van der Waals surface area contributed by atoms with Gasteiger partial charge in [-0.25, -0.2) is 0 Å². The van der Waals surface area contributed by atoms with Crippen LogP contribution in [0.2, 0.25) is 5.02 Å². The van der Waals surface area contributed by atoms with Crippen molar-refractivity contribution in [3.05, 3.63) is 53.1 Å². The van der Waals surface area contributed by atoms with Crippen molar-refractivity contribution < 1.29 is 18.3 Å². The second kappa shape index (κ2) is 8.98. The minimum absolute atomic E-state index is 0.0331. The predicted octanol–water partition coefficient (Wildman–Crippen LogP) is 3.96. The molecule has 0 unspecified atom stereocenters. The van der Waals surface area contributed by atoms with Crippen LogP contribution >= 0.6 is 23.4 Å². The first-order valence-corrected chi connectivity index (χ1v) is 9.32. The van der Waals surface area contributed by atoms with Gasteiger partial charge in [0.1, 0.15) is 5.75 Å². The molecule has 1 aromatic heterocycles. The lowest BCUT2D eigenvalue weighted by Crippen LogP contribution is -2.15. The smallest absolute Gasteiger partial charge is 0.387 e. The number of thioether (sulfide) groups is 1. The van der Waals surface area contributed by atoms with E-state index in [2.05, 4.69) is 25.6 Å². The summed E-state index contributed by atoms with van der Waals surface area (Å²) >= 11 is 7.03. The van der Waals surface area contributed by atoms with Crippen LogP contribution in [0.25, 0.3) is 5.69 Å². The third-order valence-corrected chi connectivity index (χ3v) is 4.76. The number of hydrogen-bond acceptors (Lipinski definition) is 6. The molecule has 11 heteroatoms. The average molecular weight is 426 g/mol. The van der Waals surface area contributed by atoms with Crippen LogP contribution in [0, 0.1) is 6.92 Å². The molecule has 0 aliphatic rings. The van der Waals surface area contributed by atoms with Crippen LogP contribution in [-0.2, 0) is 4.79 Å². The van der Waals surface area contributed by atoms with Gasteiger partial charge in [0.05, 0.1) is 16.5 Å². The van der Waals surface area contributed by atoms with Crippen LogP contribution < -0.4 is 10.1 Å². The van der Waals surface area contributed by atoms with Gasteiger partial charge in [0.2, 0.25) is 11.1 Å². The first-order chi connectivity index (χ1) is 13.4. The van der Waals surface area contributed by atoms with Gasteiger partial charge in [0.25, 0.3) is 0 Å². The number of aromatic nitrogens is 4. The summed E-state index contributed by atoms with van der Waals surface area (Å²) in [7, 11) is 0. The van der Waals surface area contributed by atoms with Crippen LogP contribution in [0.5, 0.6) is 5.75 Å². The molecule has 28 heavy (non-hydrogen) atoms. The van der Waals surface area contributed by atoms with E-state index in [1.807, 2.05) is 31.2 Å². The number of aryl methyl sites for hydroxylation is 1. The van der Waals surface area contributed by atoms with Crippen LogP contribution in [-0.4, -0.2) is 38.5 Å². The molecule has 0 saturated carbocycles. The number of ether oxygens (including phenoxy) is 1. The molecule has 146 valence electrons. The van der Waals surface area contributed by atoms with Gasteiger partial charge in [-0.05, 0) is 47.2 Å². The quantitative estimate of drug-likeness (QED) is 0.577. The number of carbonyl (C=O) groups excluding carboxylic acids is 1. The van der Waals surface area contributed by atoms with E-state index in [0.717, 1.165) is 23.0 Å². The molecule has 0 aliphatic heterocycles. The molecule has 1 amide bonds. The fourth-order valence-electron chi connectivity index (χ4n) is 2.32. The van der Waals surface area contributed by atoms with Crippen LogP contribution in [0.3, 0.4) is 0 Å². The summed E-state index contributed by atoms with van der Waals surface area (Å²) in [6.45, 7) is -1.04. The Labute approximate surface area is 168 Å². The standard InChI is InChI=1S/C17H14ClF2N5O2S/c1-10-4-2-3-5-13(10)25-17(22-23-24-25)28-9-15(26)21-11-6-7-14(12(18)8-11)27-16(19)20/h2-8,16H,9H2,1H3,(H,21,26). The largest absolute Gasteiger partial charge is 0.433 e. The zero-order valence-corrected chi connectivity index (χ0v) is 16.0. The number of para-hydroxylation sites is 1. The van der Waals surface area contributed by atoms with E-state index in [0.29, 0.717) is 10.8 Å². The topological polar surface area (TPSA) is 81.9 Å². The van der Waals surface area contributed by atoms with Crippen molar-refractivity contribution in [2.24, 2.45) is 0 Å². The third-order valence-electron chi connectivity index (χ3n) is 3.55. The number of anilines is 1. The van der Waals surface area contributed by atoms with Crippen molar-refractivity contribution >= 4 is 35.0 Å². The number of tetrazole rings is 1. The first-order valence-electron chi connectivity index (χ1n) is 7.95. The van der Waals surface area contributed by atoms with Gasteiger partial charge in [-0.15, -0.1) is 5.10 Å². The molecule has 1 N–H and O–H groups in total. The van der Waals surface area contributed by atoms with E-state index in [4.69, 9.17) is 11.6 Å². The molecule has 0 aliphatic carbocycles. The molecule has 2 aromatic carbocycles. The summed E-state index contributed by atoms with van der Waals surface area (Å²) in [5, 5.41) is 14.6. The van der Waals surface area contributed by atoms with Gasteiger partial charge < -0.3 is 10.1 Å². The van der Waals surface area contributed by atoms with Crippen LogP contribution in [0.1, 0.15) is 5.56 Å². The Morgan fingerprint density at radius 1 is 1.32 bits per heavy atom. The Morgan fingerprint density at radius 3 is 2.82 bits per heavy atom. The monoisotopic (exact) mass is 425 g/mol. The molecular weight excluding hydrogens is 412 g/mol. The second-order valence-electron chi connectivity index (χ2n) is 5.52. The highest BCUT2D eigenvalue weighted by molar-refractivity contribution is 7.99. The van der Waals surface area contributed by atoms with Crippen molar-refractivity contribution in [3.8, 4) is 11.4 Å². The van der Waals surface area contributed by atoms with Crippen molar-refractivity contribution in [2.75, 3.05) is 11.1 Å². The zero-order valence-electron chi connectivity index (χ0n) is 14.5. The van der Waals surface area contributed by atoms with Gasteiger partial charge in [-0.2, -0.15) is 13.5 Å². The lowest BCUT2D eigenvalue weighted by Gasteiger charge is -2.10. The van der Waals surface area contributed by atoms with E-state index in [-0.39, 0.29) is 22.4 Å². The lowest BCUT2D eigenvalue weighted by atomic mass is 10.2. The Hall–Kier alpha value is -2.72. The molecule has 0 fully saturated rings. The van der Waals surface area contributed by atoms with Crippen molar-refractivity contribution in [1.82, 2.24) is 20.2 Å². The Bertz CT molecular complexity index is 986. The normalized spacial score (nSPS) is 10.9. The van der Waals surface area contributed by atoms with Crippen molar-refractivity contribution in [1.29, 1.82) is 0 Å². The summed E-state index contributed by atoms with van der Waals surface area (Å²) in [6, 6.07) is 11.6.